The number of aromatic nitrogens is 2. The third-order valence-electron chi connectivity index (χ3n) is 2.20. The van der Waals surface area contributed by atoms with Crippen LogP contribution in [-0.2, 0) is 6.54 Å². The Morgan fingerprint density at radius 2 is 2.29 bits per heavy atom. The summed E-state index contributed by atoms with van der Waals surface area (Å²) < 4.78 is 14.5. The third-order valence-corrected chi connectivity index (χ3v) is 2.49. The van der Waals surface area contributed by atoms with Gasteiger partial charge in [-0.15, -0.1) is 0 Å². The van der Waals surface area contributed by atoms with Crippen molar-refractivity contribution in [3.63, 3.8) is 0 Å². The summed E-state index contributed by atoms with van der Waals surface area (Å²) in [6.07, 6.45) is 2.81. The van der Waals surface area contributed by atoms with Crippen molar-refractivity contribution in [2.24, 2.45) is 0 Å². The molecule has 1 aromatic carbocycles. The first kappa shape index (κ1) is 11.6. The van der Waals surface area contributed by atoms with E-state index in [0.29, 0.717) is 6.54 Å². The zero-order chi connectivity index (χ0) is 12.4. The van der Waals surface area contributed by atoms with E-state index in [1.165, 1.54) is 24.7 Å². The number of rotatable bonds is 3. The Hall–Kier alpha value is -1.88. The number of hydrogen-bond acceptors (Lipinski definition) is 2. The molecule has 0 aliphatic heterocycles. The van der Waals surface area contributed by atoms with Gasteiger partial charge in [0.25, 0.3) is 0 Å². The number of carboxylic acids is 1. The molecule has 0 aliphatic rings. The maximum absolute atomic E-state index is 12.9. The molecule has 2 aromatic rings. The van der Waals surface area contributed by atoms with Gasteiger partial charge in [-0.1, -0.05) is 17.7 Å². The molecule has 0 saturated carbocycles. The lowest BCUT2D eigenvalue weighted by Crippen LogP contribution is -1.98. The lowest BCUT2D eigenvalue weighted by molar-refractivity contribution is 0.0691. The second kappa shape index (κ2) is 4.55. The smallest absolute Gasteiger partial charge is 0.356 e. The second-order valence-corrected chi connectivity index (χ2v) is 3.89. The number of aromatic carboxylic acids is 1. The summed E-state index contributed by atoms with van der Waals surface area (Å²) in [4.78, 5) is 14.3. The topological polar surface area (TPSA) is 55.1 Å². The van der Waals surface area contributed by atoms with Crippen LogP contribution in [-0.4, -0.2) is 20.6 Å². The maximum Gasteiger partial charge on any atom is 0.356 e. The summed E-state index contributed by atoms with van der Waals surface area (Å²) >= 11 is 5.64. The average Bonchev–Trinajstić information content (AvgIpc) is 2.72. The highest BCUT2D eigenvalue weighted by Crippen LogP contribution is 2.16. The average molecular weight is 255 g/mol. The Labute approximate surface area is 101 Å². The quantitative estimate of drug-likeness (QED) is 0.915. The Bertz CT molecular complexity index is 568. The van der Waals surface area contributed by atoms with Crippen LogP contribution in [0.25, 0.3) is 0 Å². The molecule has 0 spiro atoms. The molecule has 1 heterocycles. The highest BCUT2D eigenvalue weighted by atomic mass is 35.5. The molecule has 0 atom stereocenters. The van der Waals surface area contributed by atoms with Crippen LogP contribution in [0.5, 0.6) is 0 Å². The van der Waals surface area contributed by atoms with Crippen molar-refractivity contribution in [1.82, 2.24) is 9.55 Å². The van der Waals surface area contributed by atoms with Crippen molar-refractivity contribution >= 4 is 17.6 Å². The minimum absolute atomic E-state index is 0.0294. The van der Waals surface area contributed by atoms with Crippen LogP contribution in [0, 0.1) is 5.82 Å². The molecule has 0 aliphatic carbocycles. The normalized spacial score (nSPS) is 10.5. The summed E-state index contributed by atoms with van der Waals surface area (Å²) in [7, 11) is 0. The molecule has 0 radical (unpaired) electrons. The van der Waals surface area contributed by atoms with Crippen LogP contribution in [0.4, 0.5) is 4.39 Å². The van der Waals surface area contributed by atoms with Crippen LogP contribution in [0.15, 0.2) is 30.7 Å². The van der Waals surface area contributed by atoms with E-state index in [1.807, 2.05) is 0 Å². The van der Waals surface area contributed by atoms with Crippen LogP contribution in [0.3, 0.4) is 0 Å². The summed E-state index contributed by atoms with van der Waals surface area (Å²) in [5, 5.41) is 8.74. The fourth-order valence-electron chi connectivity index (χ4n) is 1.41. The largest absolute Gasteiger partial charge is 0.476 e. The van der Waals surface area contributed by atoms with Crippen LogP contribution < -0.4 is 0 Å². The van der Waals surface area contributed by atoms with Crippen LogP contribution >= 0.6 is 11.6 Å². The molecule has 0 amide bonds. The lowest BCUT2D eigenvalue weighted by atomic mass is 10.2. The number of carbonyl (C=O) groups is 1. The Morgan fingerprint density at radius 3 is 2.88 bits per heavy atom. The first-order chi connectivity index (χ1) is 8.06. The predicted octanol–water partition coefficient (Wildman–Crippen LogP) is 2.42. The molecular weight excluding hydrogens is 247 g/mol. The Morgan fingerprint density at radius 1 is 1.53 bits per heavy atom. The number of halogens is 2. The van der Waals surface area contributed by atoms with E-state index in [1.54, 1.807) is 10.6 Å². The van der Waals surface area contributed by atoms with E-state index in [0.717, 1.165) is 5.56 Å². The van der Waals surface area contributed by atoms with Gasteiger partial charge in [0, 0.05) is 12.7 Å². The van der Waals surface area contributed by atoms with E-state index in [2.05, 4.69) is 4.98 Å². The molecule has 88 valence electrons. The molecule has 4 nitrogen and oxygen atoms in total. The van der Waals surface area contributed by atoms with Gasteiger partial charge in [0.2, 0.25) is 0 Å². The highest BCUT2D eigenvalue weighted by molar-refractivity contribution is 6.30. The molecule has 2 rings (SSSR count). The van der Waals surface area contributed by atoms with Crippen LogP contribution in [0.1, 0.15) is 16.1 Å². The van der Waals surface area contributed by atoms with Crippen molar-refractivity contribution in [2.45, 2.75) is 6.54 Å². The molecular formula is C11H8ClFN2O2. The molecule has 17 heavy (non-hydrogen) atoms. The number of nitrogens with zero attached hydrogens (tertiary/aromatic N) is 2. The highest BCUT2D eigenvalue weighted by Gasteiger charge is 2.07. The number of benzene rings is 1. The molecule has 0 unspecified atom stereocenters. The van der Waals surface area contributed by atoms with E-state index in [-0.39, 0.29) is 10.7 Å². The van der Waals surface area contributed by atoms with Gasteiger partial charge in [-0.3, -0.25) is 0 Å². The van der Waals surface area contributed by atoms with Crippen LogP contribution in [0.2, 0.25) is 5.02 Å². The van der Waals surface area contributed by atoms with Gasteiger partial charge in [0.05, 0.1) is 11.3 Å². The number of hydrogen-bond donors (Lipinski definition) is 1. The van der Waals surface area contributed by atoms with Gasteiger partial charge >= 0.3 is 5.97 Å². The third kappa shape index (κ3) is 2.62. The summed E-state index contributed by atoms with van der Waals surface area (Å²) in [6, 6.07) is 4.35. The fraction of sp³-hybridized carbons (Fsp3) is 0.0909. The maximum atomic E-state index is 12.9. The van der Waals surface area contributed by atoms with Gasteiger partial charge in [0.1, 0.15) is 5.82 Å². The van der Waals surface area contributed by atoms with Gasteiger partial charge in [0.15, 0.2) is 5.69 Å². The summed E-state index contributed by atoms with van der Waals surface area (Å²) in [5.41, 5.74) is 0.740. The number of imidazole rings is 1. The summed E-state index contributed by atoms with van der Waals surface area (Å²) in [5.74, 6) is -1.56. The SMILES string of the molecule is O=C(O)c1cn(Cc2ccc(F)c(Cl)c2)cn1. The molecule has 6 heteroatoms. The summed E-state index contributed by atoms with van der Waals surface area (Å²) in [6.45, 7) is 0.389. The Balaban J connectivity index is 2.19. The first-order valence-corrected chi connectivity index (χ1v) is 5.13. The Kier molecular flexibility index (Phi) is 3.10. The van der Waals surface area contributed by atoms with E-state index >= 15 is 0 Å². The number of carboxylic acid groups (broad SMARTS) is 1. The zero-order valence-electron chi connectivity index (χ0n) is 8.60. The van der Waals surface area contributed by atoms with Crippen molar-refractivity contribution < 1.29 is 14.3 Å². The zero-order valence-corrected chi connectivity index (χ0v) is 9.36. The molecule has 1 N–H and O–H groups in total. The van der Waals surface area contributed by atoms with Gasteiger partial charge in [-0.05, 0) is 17.7 Å². The molecule has 0 bridgehead atoms. The standard InChI is InChI=1S/C11H8ClFN2O2/c12-8-3-7(1-2-9(8)13)4-15-5-10(11(16)17)14-6-15/h1-3,5-6H,4H2,(H,16,17). The van der Waals surface area contributed by atoms with E-state index in [4.69, 9.17) is 16.7 Å². The predicted molar refractivity (Wildman–Crippen MR) is 59.7 cm³/mol. The van der Waals surface area contributed by atoms with E-state index < -0.39 is 11.8 Å². The molecule has 0 saturated heterocycles. The fourth-order valence-corrected chi connectivity index (χ4v) is 1.61. The van der Waals surface area contributed by atoms with Crippen molar-refractivity contribution in [2.75, 3.05) is 0 Å². The second-order valence-electron chi connectivity index (χ2n) is 3.48. The molecule has 0 fully saturated rings. The van der Waals surface area contributed by atoms with Crippen molar-refractivity contribution in [1.29, 1.82) is 0 Å². The monoisotopic (exact) mass is 254 g/mol. The van der Waals surface area contributed by atoms with Gasteiger partial charge in [-0.25, -0.2) is 14.2 Å². The van der Waals surface area contributed by atoms with Crippen molar-refractivity contribution in [3.05, 3.63) is 52.8 Å². The lowest BCUT2D eigenvalue weighted by Gasteiger charge is -2.03. The first-order valence-electron chi connectivity index (χ1n) is 4.75. The van der Waals surface area contributed by atoms with Crippen molar-refractivity contribution in [3.8, 4) is 0 Å². The minimum atomic E-state index is -1.08. The van der Waals surface area contributed by atoms with Gasteiger partial charge < -0.3 is 9.67 Å². The van der Waals surface area contributed by atoms with Gasteiger partial charge in [-0.2, -0.15) is 0 Å². The van der Waals surface area contributed by atoms with E-state index in [9.17, 15) is 9.18 Å². The molecule has 1 aromatic heterocycles. The minimum Gasteiger partial charge on any atom is -0.476 e.